The van der Waals surface area contributed by atoms with Gasteiger partial charge in [0.15, 0.2) is 0 Å². The number of aryl methyl sites for hydroxylation is 1. The van der Waals surface area contributed by atoms with Gasteiger partial charge in [0.25, 0.3) is 0 Å². The molecule has 5 heteroatoms. The summed E-state index contributed by atoms with van der Waals surface area (Å²) in [5.74, 6) is 1.40. The Morgan fingerprint density at radius 2 is 2.09 bits per heavy atom. The Morgan fingerprint density at radius 1 is 1.30 bits per heavy atom. The number of nitrogens with two attached hydrogens (primary N) is 1. The summed E-state index contributed by atoms with van der Waals surface area (Å²) in [6.07, 6.45) is 2.05. The second-order valence-corrected chi connectivity index (χ2v) is 5.51. The summed E-state index contributed by atoms with van der Waals surface area (Å²) in [5.41, 5.74) is 11.0. The quantitative estimate of drug-likeness (QED) is 0.805. The second kappa shape index (κ2) is 5.65. The lowest BCUT2D eigenvalue weighted by Crippen LogP contribution is -2.06. The lowest BCUT2D eigenvalue weighted by atomic mass is 10.1. The average molecular weight is 306 g/mol. The number of pyridine rings is 1. The normalized spacial score (nSPS) is 10.7. The third-order valence-electron chi connectivity index (χ3n) is 4.12. The van der Waals surface area contributed by atoms with Crippen molar-refractivity contribution in [2.24, 2.45) is 0 Å². The molecule has 1 aromatic carbocycles. The first kappa shape index (κ1) is 14.9. The van der Waals surface area contributed by atoms with E-state index in [1.54, 1.807) is 13.3 Å². The molecule has 2 aromatic heterocycles. The van der Waals surface area contributed by atoms with E-state index < -0.39 is 0 Å². The highest BCUT2D eigenvalue weighted by atomic mass is 16.5. The van der Waals surface area contributed by atoms with Crippen LogP contribution >= 0.6 is 0 Å². The van der Waals surface area contributed by atoms with Crippen molar-refractivity contribution in [3.63, 3.8) is 0 Å². The first-order valence-electron chi connectivity index (χ1n) is 7.34. The van der Waals surface area contributed by atoms with Crippen LogP contribution in [0.25, 0.3) is 16.7 Å². The second-order valence-electron chi connectivity index (χ2n) is 5.51. The summed E-state index contributed by atoms with van der Waals surface area (Å²) >= 11 is 0. The van der Waals surface area contributed by atoms with E-state index in [0.29, 0.717) is 12.2 Å². The van der Waals surface area contributed by atoms with Crippen LogP contribution in [0.1, 0.15) is 16.7 Å². The smallest absolute Gasteiger partial charge is 0.146 e. The van der Waals surface area contributed by atoms with Crippen molar-refractivity contribution >= 4 is 16.9 Å². The Kier molecular flexibility index (Phi) is 3.67. The highest BCUT2D eigenvalue weighted by molar-refractivity contribution is 5.87. The minimum Gasteiger partial charge on any atom is -0.496 e. The van der Waals surface area contributed by atoms with Crippen molar-refractivity contribution in [3.05, 3.63) is 47.2 Å². The Labute approximate surface area is 134 Å². The molecule has 0 aliphatic heterocycles. The van der Waals surface area contributed by atoms with Gasteiger partial charge in [-0.25, -0.2) is 4.98 Å². The maximum atomic E-state index is 9.00. The van der Waals surface area contributed by atoms with E-state index in [0.717, 1.165) is 39.2 Å². The summed E-state index contributed by atoms with van der Waals surface area (Å²) in [6.45, 7) is 4.04. The van der Waals surface area contributed by atoms with Crippen molar-refractivity contribution in [2.45, 2.75) is 20.3 Å². The number of methoxy groups -OCH3 is 1. The number of nitrogens with zero attached hydrogens (tertiary/aromatic N) is 3. The van der Waals surface area contributed by atoms with Gasteiger partial charge >= 0.3 is 0 Å². The van der Waals surface area contributed by atoms with Gasteiger partial charge in [0.1, 0.15) is 17.2 Å². The number of ether oxygens (including phenoxy) is 1. The summed E-state index contributed by atoms with van der Waals surface area (Å²) < 4.78 is 7.37. The van der Waals surface area contributed by atoms with Crippen LogP contribution in [0, 0.1) is 25.2 Å². The molecule has 0 amide bonds. The molecule has 0 fully saturated rings. The van der Waals surface area contributed by atoms with E-state index in [9.17, 15) is 0 Å². The Hall–Kier alpha value is -3.00. The molecule has 116 valence electrons. The van der Waals surface area contributed by atoms with Gasteiger partial charge in [-0.2, -0.15) is 5.26 Å². The highest BCUT2D eigenvalue weighted by Crippen LogP contribution is 2.33. The van der Waals surface area contributed by atoms with Gasteiger partial charge in [-0.1, -0.05) is 6.07 Å². The predicted molar refractivity (Wildman–Crippen MR) is 90.8 cm³/mol. The molecule has 3 aromatic rings. The number of anilines is 1. The van der Waals surface area contributed by atoms with Crippen molar-refractivity contribution in [2.75, 3.05) is 12.8 Å². The molecular formula is C18H18N4O. The Morgan fingerprint density at radius 3 is 2.78 bits per heavy atom. The molecule has 0 unspecified atom stereocenters. The van der Waals surface area contributed by atoms with Crippen molar-refractivity contribution < 1.29 is 4.74 Å². The molecule has 0 saturated carbocycles. The first-order chi connectivity index (χ1) is 11.1. The van der Waals surface area contributed by atoms with E-state index in [1.807, 2.05) is 42.7 Å². The highest BCUT2D eigenvalue weighted by Gasteiger charge is 2.17. The lowest BCUT2D eigenvalue weighted by Gasteiger charge is -2.16. The summed E-state index contributed by atoms with van der Waals surface area (Å²) in [6, 6.07) is 9.89. The van der Waals surface area contributed by atoms with Gasteiger partial charge in [-0.15, -0.1) is 0 Å². The van der Waals surface area contributed by atoms with Gasteiger partial charge < -0.3 is 10.5 Å². The van der Waals surface area contributed by atoms with Crippen molar-refractivity contribution in [1.82, 2.24) is 9.55 Å². The molecule has 2 N–H and O–H groups in total. The van der Waals surface area contributed by atoms with Crippen LogP contribution in [0.3, 0.4) is 0 Å². The summed E-state index contributed by atoms with van der Waals surface area (Å²) in [4.78, 5) is 4.49. The standard InChI is InChI=1S/C18H18N4O/c1-11-4-5-15(23-3)12(2)17(11)22-16(20)10-14-13(6-8-19)7-9-21-18(14)22/h4-5,7,9-10H,6,20H2,1-3H3. The number of hydrogen-bond acceptors (Lipinski definition) is 4. The summed E-state index contributed by atoms with van der Waals surface area (Å²) in [7, 11) is 1.65. The zero-order chi connectivity index (χ0) is 16.6. The number of hydrogen-bond donors (Lipinski definition) is 1. The Bertz CT molecular complexity index is 934. The van der Waals surface area contributed by atoms with Crippen LogP contribution in [0.5, 0.6) is 5.75 Å². The van der Waals surface area contributed by atoms with E-state index in [1.165, 1.54) is 0 Å². The van der Waals surface area contributed by atoms with Gasteiger partial charge in [0, 0.05) is 17.1 Å². The van der Waals surface area contributed by atoms with Gasteiger partial charge in [-0.05, 0) is 43.2 Å². The third kappa shape index (κ3) is 2.29. The molecule has 0 bridgehead atoms. The lowest BCUT2D eigenvalue weighted by molar-refractivity contribution is 0.411. The van der Waals surface area contributed by atoms with E-state index in [-0.39, 0.29) is 0 Å². The molecule has 0 saturated heterocycles. The molecule has 0 spiro atoms. The predicted octanol–water partition coefficient (Wildman–Crippen LogP) is 3.30. The number of rotatable bonds is 3. The first-order valence-corrected chi connectivity index (χ1v) is 7.34. The molecule has 23 heavy (non-hydrogen) atoms. The SMILES string of the molecule is COc1ccc(C)c(-n2c(N)cc3c(CC#N)ccnc32)c1C. The topological polar surface area (TPSA) is 76.9 Å². The molecule has 0 aliphatic rings. The van der Waals surface area contributed by atoms with Crippen molar-refractivity contribution in [1.29, 1.82) is 5.26 Å². The zero-order valence-electron chi connectivity index (χ0n) is 13.4. The molecular weight excluding hydrogens is 288 g/mol. The van der Waals surface area contributed by atoms with Crippen LogP contribution in [0.2, 0.25) is 0 Å². The van der Waals surface area contributed by atoms with Crippen LogP contribution in [-0.4, -0.2) is 16.7 Å². The van der Waals surface area contributed by atoms with Crippen molar-refractivity contribution in [3.8, 4) is 17.5 Å². The van der Waals surface area contributed by atoms with Crippen LogP contribution in [0.4, 0.5) is 5.82 Å². The average Bonchev–Trinajstić information content (AvgIpc) is 2.86. The zero-order valence-corrected chi connectivity index (χ0v) is 13.4. The third-order valence-corrected chi connectivity index (χ3v) is 4.12. The summed E-state index contributed by atoms with van der Waals surface area (Å²) in [5, 5.41) is 9.91. The fourth-order valence-corrected chi connectivity index (χ4v) is 3.03. The van der Waals surface area contributed by atoms with Crippen LogP contribution < -0.4 is 10.5 Å². The largest absolute Gasteiger partial charge is 0.496 e. The Balaban J connectivity index is 2.36. The van der Waals surface area contributed by atoms with E-state index >= 15 is 0 Å². The molecule has 3 rings (SSSR count). The molecule has 0 radical (unpaired) electrons. The minimum absolute atomic E-state index is 0.332. The molecule has 5 nitrogen and oxygen atoms in total. The van der Waals surface area contributed by atoms with E-state index in [4.69, 9.17) is 15.7 Å². The maximum Gasteiger partial charge on any atom is 0.146 e. The minimum atomic E-state index is 0.332. The number of aromatic nitrogens is 2. The van der Waals surface area contributed by atoms with Crippen LogP contribution in [-0.2, 0) is 6.42 Å². The van der Waals surface area contributed by atoms with Gasteiger partial charge in [0.2, 0.25) is 0 Å². The number of benzene rings is 1. The van der Waals surface area contributed by atoms with E-state index in [2.05, 4.69) is 11.1 Å². The van der Waals surface area contributed by atoms with Gasteiger partial charge in [-0.3, -0.25) is 4.57 Å². The molecule has 2 heterocycles. The number of nitrogen functional groups attached to an aromatic ring is 1. The number of fused-ring (bicyclic) bond motifs is 1. The molecule has 0 aliphatic carbocycles. The fraction of sp³-hybridized carbons (Fsp3) is 0.222. The number of nitriles is 1. The molecule has 0 atom stereocenters. The van der Waals surface area contributed by atoms with Gasteiger partial charge in [0.05, 0.1) is 25.3 Å². The maximum absolute atomic E-state index is 9.00. The monoisotopic (exact) mass is 306 g/mol. The fourth-order valence-electron chi connectivity index (χ4n) is 3.03. The van der Waals surface area contributed by atoms with Crippen LogP contribution in [0.15, 0.2) is 30.5 Å².